The van der Waals surface area contributed by atoms with Gasteiger partial charge in [-0.1, -0.05) is 82.9 Å². The molecular weight excluding hydrogens is 504 g/mol. The summed E-state index contributed by atoms with van der Waals surface area (Å²) in [6.07, 6.45) is 11.7. The summed E-state index contributed by atoms with van der Waals surface area (Å²) in [6, 6.07) is 11.2. The highest BCUT2D eigenvalue weighted by atomic mass is 16.6. The van der Waals surface area contributed by atoms with Gasteiger partial charge in [-0.3, -0.25) is 4.79 Å². The average molecular weight is 555 g/mol. The van der Waals surface area contributed by atoms with Crippen LogP contribution in [0.1, 0.15) is 106 Å². The van der Waals surface area contributed by atoms with Gasteiger partial charge >= 0.3 is 0 Å². The van der Waals surface area contributed by atoms with Crippen molar-refractivity contribution in [3.05, 3.63) is 53.1 Å². The summed E-state index contributed by atoms with van der Waals surface area (Å²) in [5.74, 6) is 1.92. The van der Waals surface area contributed by atoms with E-state index in [0.29, 0.717) is 49.7 Å². The Bertz CT molecular complexity index is 1030. The molecule has 0 bridgehead atoms. The predicted octanol–water partition coefficient (Wildman–Crippen LogP) is 6.51. The van der Waals surface area contributed by atoms with Crippen molar-refractivity contribution in [2.45, 2.75) is 97.2 Å². The van der Waals surface area contributed by atoms with Gasteiger partial charge in [0.25, 0.3) is 5.91 Å². The molecule has 2 aromatic carbocycles. The van der Waals surface area contributed by atoms with Gasteiger partial charge in [0.2, 0.25) is 0 Å². The maximum Gasteiger partial charge on any atom is 0.255 e. The van der Waals surface area contributed by atoms with E-state index < -0.39 is 6.10 Å². The Morgan fingerprint density at radius 3 is 2.48 bits per heavy atom. The molecule has 1 aliphatic rings. The van der Waals surface area contributed by atoms with E-state index in [1.807, 2.05) is 38.1 Å². The zero-order valence-electron chi connectivity index (χ0n) is 24.8. The van der Waals surface area contributed by atoms with E-state index in [9.17, 15) is 9.90 Å². The van der Waals surface area contributed by atoms with Crippen molar-refractivity contribution in [2.24, 2.45) is 0 Å². The second-order valence-electron chi connectivity index (χ2n) is 10.8. The average Bonchev–Trinajstić information content (AvgIpc) is 2.96. The molecule has 7 heteroatoms. The Hall–Kier alpha value is -2.77. The summed E-state index contributed by atoms with van der Waals surface area (Å²) >= 11 is 0. The standard InChI is InChI=1S/C33H50N2O5/c1-4-6-7-8-9-10-11-12-13-14-20-35-33(37)28-21-26(18-19-30(28)38-5-2)29(36)23-34-22-27-24-39-31-17-15-16-25(3)32(31)40-27/h15-19,21,27,29,34,36H,4-14,20,22-24H2,1-3H3,(H,35,37). The molecule has 0 aliphatic carbocycles. The molecule has 0 saturated carbocycles. The number of para-hydroxylation sites is 1. The molecule has 3 rings (SSSR count). The minimum atomic E-state index is -0.775. The molecule has 7 nitrogen and oxygen atoms in total. The number of carbonyl (C=O) groups excluding carboxylic acids is 1. The van der Waals surface area contributed by atoms with Crippen LogP contribution in [-0.4, -0.2) is 50.0 Å². The summed E-state index contributed by atoms with van der Waals surface area (Å²) in [5.41, 5.74) is 2.17. The second-order valence-corrected chi connectivity index (χ2v) is 10.8. The SMILES string of the molecule is CCCCCCCCCCCCNC(=O)c1cc(C(O)CNCC2COc3cccc(C)c3O2)ccc1OCC. The summed E-state index contributed by atoms with van der Waals surface area (Å²) < 4.78 is 17.6. The van der Waals surface area contributed by atoms with Crippen LogP contribution in [0.3, 0.4) is 0 Å². The Morgan fingerprint density at radius 1 is 1.02 bits per heavy atom. The van der Waals surface area contributed by atoms with Gasteiger partial charge in [0.1, 0.15) is 18.5 Å². The summed E-state index contributed by atoms with van der Waals surface area (Å²) in [6.45, 7) is 8.57. The van der Waals surface area contributed by atoms with Crippen molar-refractivity contribution < 1.29 is 24.1 Å². The van der Waals surface area contributed by atoms with E-state index in [2.05, 4.69) is 17.6 Å². The first-order chi connectivity index (χ1) is 19.5. The zero-order chi connectivity index (χ0) is 28.6. The van der Waals surface area contributed by atoms with Gasteiger partial charge in [-0.25, -0.2) is 0 Å². The van der Waals surface area contributed by atoms with Gasteiger partial charge in [0.05, 0.1) is 18.3 Å². The highest BCUT2D eigenvalue weighted by molar-refractivity contribution is 5.97. The third-order valence-corrected chi connectivity index (χ3v) is 7.34. The smallest absolute Gasteiger partial charge is 0.255 e. The van der Waals surface area contributed by atoms with Gasteiger partial charge in [-0.05, 0) is 49.6 Å². The van der Waals surface area contributed by atoms with Crippen LogP contribution >= 0.6 is 0 Å². The summed E-state index contributed by atoms with van der Waals surface area (Å²) in [4.78, 5) is 13.0. The van der Waals surface area contributed by atoms with E-state index in [1.165, 1.54) is 51.4 Å². The van der Waals surface area contributed by atoms with Gasteiger partial charge in [-0.2, -0.15) is 0 Å². The lowest BCUT2D eigenvalue weighted by Gasteiger charge is -2.28. The number of hydrogen-bond acceptors (Lipinski definition) is 6. The van der Waals surface area contributed by atoms with Gasteiger partial charge < -0.3 is 30.0 Å². The van der Waals surface area contributed by atoms with Crippen molar-refractivity contribution >= 4 is 5.91 Å². The van der Waals surface area contributed by atoms with E-state index >= 15 is 0 Å². The van der Waals surface area contributed by atoms with Crippen molar-refractivity contribution in [1.82, 2.24) is 10.6 Å². The molecule has 222 valence electrons. The molecule has 1 heterocycles. The van der Waals surface area contributed by atoms with E-state index in [4.69, 9.17) is 14.2 Å². The largest absolute Gasteiger partial charge is 0.493 e. The predicted molar refractivity (Wildman–Crippen MR) is 161 cm³/mol. The van der Waals surface area contributed by atoms with Crippen LogP contribution in [0.5, 0.6) is 17.2 Å². The van der Waals surface area contributed by atoms with E-state index in [-0.39, 0.29) is 12.0 Å². The minimum absolute atomic E-state index is 0.145. The number of aliphatic hydroxyl groups is 1. The Kier molecular flexibility index (Phi) is 14.1. The van der Waals surface area contributed by atoms with E-state index in [1.54, 1.807) is 12.1 Å². The highest BCUT2D eigenvalue weighted by Gasteiger charge is 2.23. The Balaban J connectivity index is 1.41. The second kappa shape index (κ2) is 17.8. The number of ether oxygens (including phenoxy) is 3. The number of fused-ring (bicyclic) bond motifs is 1. The van der Waals surface area contributed by atoms with Crippen LogP contribution in [-0.2, 0) is 0 Å². The first kappa shape index (κ1) is 31.8. The van der Waals surface area contributed by atoms with Crippen LogP contribution in [0.2, 0.25) is 0 Å². The molecule has 2 unspecified atom stereocenters. The number of nitrogens with one attached hydrogen (secondary N) is 2. The summed E-state index contributed by atoms with van der Waals surface area (Å²) in [7, 11) is 0. The quantitative estimate of drug-likeness (QED) is 0.172. The van der Waals surface area contributed by atoms with Gasteiger partial charge in [0.15, 0.2) is 11.5 Å². The van der Waals surface area contributed by atoms with Gasteiger partial charge in [0, 0.05) is 19.6 Å². The van der Waals surface area contributed by atoms with Gasteiger partial charge in [-0.15, -0.1) is 0 Å². The lowest BCUT2D eigenvalue weighted by Crippen LogP contribution is -2.40. The number of aliphatic hydroxyl groups excluding tert-OH is 1. The minimum Gasteiger partial charge on any atom is -0.493 e. The molecule has 2 aromatic rings. The molecule has 0 radical (unpaired) electrons. The molecule has 1 aliphatic heterocycles. The molecule has 0 aromatic heterocycles. The molecule has 1 amide bonds. The van der Waals surface area contributed by atoms with Crippen molar-refractivity contribution in [3.8, 4) is 17.2 Å². The van der Waals surface area contributed by atoms with Crippen molar-refractivity contribution in [3.63, 3.8) is 0 Å². The fraction of sp³-hybridized carbons (Fsp3) is 0.606. The number of benzene rings is 2. The van der Waals surface area contributed by atoms with Crippen LogP contribution in [0.25, 0.3) is 0 Å². The monoisotopic (exact) mass is 554 g/mol. The number of hydrogen-bond donors (Lipinski definition) is 3. The molecule has 3 N–H and O–H groups in total. The fourth-order valence-electron chi connectivity index (χ4n) is 5.00. The van der Waals surface area contributed by atoms with Crippen LogP contribution in [0, 0.1) is 6.92 Å². The molecule has 2 atom stereocenters. The Labute approximate surface area is 241 Å². The molecular formula is C33H50N2O5. The van der Waals surface area contributed by atoms with Crippen LogP contribution in [0.15, 0.2) is 36.4 Å². The maximum atomic E-state index is 13.0. The number of carbonyl (C=O) groups is 1. The molecule has 0 spiro atoms. The number of amides is 1. The molecule has 0 fully saturated rings. The maximum absolute atomic E-state index is 13.0. The molecule has 40 heavy (non-hydrogen) atoms. The van der Waals surface area contributed by atoms with Crippen LogP contribution < -0.4 is 24.8 Å². The van der Waals surface area contributed by atoms with Crippen LogP contribution in [0.4, 0.5) is 0 Å². The first-order valence-corrected chi connectivity index (χ1v) is 15.4. The number of aryl methyl sites for hydroxylation is 1. The molecule has 0 saturated heterocycles. The van der Waals surface area contributed by atoms with Crippen molar-refractivity contribution in [1.29, 1.82) is 0 Å². The lowest BCUT2D eigenvalue weighted by molar-refractivity contribution is 0.0850. The van der Waals surface area contributed by atoms with Crippen molar-refractivity contribution in [2.75, 3.05) is 32.8 Å². The van der Waals surface area contributed by atoms with E-state index in [0.717, 1.165) is 29.9 Å². The number of rotatable bonds is 19. The zero-order valence-corrected chi connectivity index (χ0v) is 24.8. The third-order valence-electron chi connectivity index (χ3n) is 7.34. The normalized spacial score (nSPS) is 15.1. The topological polar surface area (TPSA) is 89.1 Å². The highest BCUT2D eigenvalue weighted by Crippen LogP contribution is 2.34. The third kappa shape index (κ3) is 10.3. The summed E-state index contributed by atoms with van der Waals surface area (Å²) in [5, 5.41) is 17.2. The lowest BCUT2D eigenvalue weighted by atomic mass is 10.0. The number of unbranched alkanes of at least 4 members (excludes halogenated alkanes) is 9. The first-order valence-electron chi connectivity index (χ1n) is 15.4. The Morgan fingerprint density at radius 2 is 1.75 bits per heavy atom. The fourth-order valence-corrected chi connectivity index (χ4v) is 5.00.